The lowest BCUT2D eigenvalue weighted by atomic mass is 10.1. The van der Waals surface area contributed by atoms with E-state index in [9.17, 15) is 0 Å². The molecule has 0 spiro atoms. The fourth-order valence-corrected chi connectivity index (χ4v) is 2.22. The van der Waals surface area contributed by atoms with Gasteiger partial charge in [0.25, 0.3) is 0 Å². The van der Waals surface area contributed by atoms with Crippen LogP contribution in [0.5, 0.6) is 5.75 Å². The average Bonchev–Trinajstić information content (AvgIpc) is 2.76. The highest BCUT2D eigenvalue weighted by Crippen LogP contribution is 2.26. The smallest absolute Gasteiger partial charge is 0.201 e. The number of fused-ring (bicyclic) bond motifs is 1. The van der Waals surface area contributed by atoms with Crippen LogP contribution in [0.1, 0.15) is 27.2 Å². The molecule has 0 aliphatic carbocycles. The minimum atomic E-state index is 0.504. The second kappa shape index (κ2) is 7.31. The third-order valence-corrected chi connectivity index (χ3v) is 3.37. The number of hydrogen-bond acceptors (Lipinski definition) is 4. The van der Waals surface area contributed by atoms with Crippen LogP contribution in [0, 0.1) is 5.92 Å². The number of nitrogens with two attached hydrogens (primary N) is 1. The predicted molar refractivity (Wildman–Crippen MR) is 85.6 cm³/mol. The first-order valence-corrected chi connectivity index (χ1v) is 7.58. The molecule has 0 saturated carbocycles. The first-order valence-electron chi connectivity index (χ1n) is 7.58. The summed E-state index contributed by atoms with van der Waals surface area (Å²) < 4.78 is 13.2. The first-order chi connectivity index (χ1) is 10.1. The van der Waals surface area contributed by atoms with Gasteiger partial charge in [0, 0.05) is 13.2 Å². The molecule has 2 rings (SSSR count). The minimum Gasteiger partial charge on any atom is -0.492 e. The van der Waals surface area contributed by atoms with Crippen LogP contribution in [0.25, 0.3) is 11.0 Å². The molecule has 0 unspecified atom stereocenters. The summed E-state index contributed by atoms with van der Waals surface area (Å²) in [4.78, 5) is 4.42. The number of anilines is 1. The van der Waals surface area contributed by atoms with Crippen LogP contribution >= 0.6 is 0 Å². The fourth-order valence-electron chi connectivity index (χ4n) is 2.22. The van der Waals surface area contributed by atoms with Gasteiger partial charge in [0.15, 0.2) is 0 Å². The number of benzene rings is 1. The van der Waals surface area contributed by atoms with Crippen LogP contribution < -0.4 is 10.5 Å². The average molecular weight is 291 g/mol. The second-order valence-electron chi connectivity index (χ2n) is 5.47. The highest BCUT2D eigenvalue weighted by Gasteiger charge is 2.12. The molecular formula is C16H25N3O2. The lowest BCUT2D eigenvalue weighted by Crippen LogP contribution is -2.10. The molecule has 2 N–H and O–H groups in total. The van der Waals surface area contributed by atoms with E-state index in [2.05, 4.69) is 18.8 Å². The van der Waals surface area contributed by atoms with E-state index >= 15 is 0 Å². The standard InChI is InChI=1S/C16H25N3O2/c1-4-21-14-7-5-6-13-15(14)18-16(17)19(13)9-11-20-10-8-12(2)3/h5-7,12H,4,8-11H2,1-3H3,(H2,17,18). The van der Waals surface area contributed by atoms with Gasteiger partial charge in [0.05, 0.1) is 18.7 Å². The Morgan fingerprint density at radius 3 is 2.81 bits per heavy atom. The van der Waals surface area contributed by atoms with Crippen molar-refractivity contribution in [1.82, 2.24) is 9.55 Å². The van der Waals surface area contributed by atoms with E-state index in [-0.39, 0.29) is 0 Å². The third-order valence-electron chi connectivity index (χ3n) is 3.37. The van der Waals surface area contributed by atoms with Gasteiger partial charge >= 0.3 is 0 Å². The van der Waals surface area contributed by atoms with E-state index in [0.29, 0.717) is 31.6 Å². The van der Waals surface area contributed by atoms with Gasteiger partial charge in [-0.25, -0.2) is 4.98 Å². The number of rotatable bonds is 8. The molecule has 0 atom stereocenters. The lowest BCUT2D eigenvalue weighted by Gasteiger charge is -2.09. The summed E-state index contributed by atoms with van der Waals surface area (Å²) in [5.74, 6) is 1.95. The second-order valence-corrected chi connectivity index (χ2v) is 5.47. The summed E-state index contributed by atoms with van der Waals surface area (Å²) in [6.07, 6.45) is 1.08. The van der Waals surface area contributed by atoms with E-state index in [1.54, 1.807) is 0 Å². The van der Waals surface area contributed by atoms with Crippen molar-refractivity contribution in [2.45, 2.75) is 33.7 Å². The molecule has 0 aliphatic heterocycles. The molecule has 0 radical (unpaired) electrons. The molecule has 1 aromatic carbocycles. The Morgan fingerprint density at radius 2 is 2.10 bits per heavy atom. The zero-order valence-corrected chi connectivity index (χ0v) is 13.1. The Hall–Kier alpha value is -1.75. The molecule has 0 amide bonds. The fraction of sp³-hybridized carbons (Fsp3) is 0.562. The van der Waals surface area contributed by atoms with Crippen molar-refractivity contribution in [1.29, 1.82) is 0 Å². The van der Waals surface area contributed by atoms with Crippen molar-refractivity contribution in [3.8, 4) is 5.75 Å². The third kappa shape index (κ3) is 3.88. The molecule has 1 aromatic heterocycles. The summed E-state index contributed by atoms with van der Waals surface area (Å²) in [5, 5.41) is 0. The quantitative estimate of drug-likeness (QED) is 0.759. The maximum Gasteiger partial charge on any atom is 0.201 e. The number of ether oxygens (including phenoxy) is 2. The van der Waals surface area contributed by atoms with E-state index in [0.717, 1.165) is 29.8 Å². The summed E-state index contributed by atoms with van der Waals surface area (Å²) in [6, 6.07) is 5.89. The zero-order chi connectivity index (χ0) is 15.2. The minimum absolute atomic E-state index is 0.504. The number of nitrogens with zero attached hydrogens (tertiary/aromatic N) is 2. The predicted octanol–water partition coefficient (Wildman–Crippen LogP) is 3.08. The Kier molecular flexibility index (Phi) is 5.44. The van der Waals surface area contributed by atoms with E-state index in [1.807, 2.05) is 29.7 Å². The largest absolute Gasteiger partial charge is 0.492 e. The molecule has 116 valence electrons. The molecule has 1 heterocycles. The highest BCUT2D eigenvalue weighted by atomic mass is 16.5. The lowest BCUT2D eigenvalue weighted by molar-refractivity contribution is 0.117. The summed E-state index contributed by atoms with van der Waals surface area (Å²) >= 11 is 0. The van der Waals surface area contributed by atoms with Gasteiger partial charge in [-0.2, -0.15) is 0 Å². The molecular weight excluding hydrogens is 266 g/mol. The topological polar surface area (TPSA) is 62.3 Å². The van der Waals surface area contributed by atoms with Gasteiger partial charge in [0.1, 0.15) is 11.3 Å². The van der Waals surface area contributed by atoms with Crippen LogP contribution in [-0.4, -0.2) is 29.4 Å². The Bertz CT molecular complexity index is 578. The zero-order valence-electron chi connectivity index (χ0n) is 13.1. The Morgan fingerprint density at radius 1 is 1.29 bits per heavy atom. The van der Waals surface area contributed by atoms with Crippen LogP contribution in [0.15, 0.2) is 18.2 Å². The van der Waals surface area contributed by atoms with Gasteiger partial charge in [0.2, 0.25) is 5.95 Å². The van der Waals surface area contributed by atoms with Gasteiger partial charge in [-0.05, 0) is 31.4 Å². The van der Waals surface area contributed by atoms with Gasteiger partial charge in [-0.15, -0.1) is 0 Å². The highest BCUT2D eigenvalue weighted by molar-refractivity contribution is 5.84. The van der Waals surface area contributed by atoms with Crippen molar-refractivity contribution < 1.29 is 9.47 Å². The summed E-state index contributed by atoms with van der Waals surface area (Å²) in [6.45, 7) is 9.09. The Balaban J connectivity index is 2.06. The van der Waals surface area contributed by atoms with Crippen LogP contribution in [0.2, 0.25) is 0 Å². The monoisotopic (exact) mass is 291 g/mol. The van der Waals surface area contributed by atoms with E-state index in [4.69, 9.17) is 15.2 Å². The van der Waals surface area contributed by atoms with Crippen LogP contribution in [0.3, 0.4) is 0 Å². The first kappa shape index (κ1) is 15.6. The van der Waals surface area contributed by atoms with E-state index in [1.165, 1.54) is 0 Å². The molecule has 0 fully saturated rings. The van der Waals surface area contributed by atoms with Crippen molar-refractivity contribution in [2.24, 2.45) is 5.92 Å². The molecule has 0 saturated heterocycles. The molecule has 5 heteroatoms. The molecule has 21 heavy (non-hydrogen) atoms. The van der Waals surface area contributed by atoms with Crippen molar-refractivity contribution in [3.63, 3.8) is 0 Å². The van der Waals surface area contributed by atoms with Gasteiger partial charge in [-0.1, -0.05) is 19.9 Å². The number of hydrogen-bond donors (Lipinski definition) is 1. The van der Waals surface area contributed by atoms with E-state index < -0.39 is 0 Å². The summed E-state index contributed by atoms with van der Waals surface area (Å²) in [5.41, 5.74) is 7.83. The normalized spacial score (nSPS) is 11.4. The van der Waals surface area contributed by atoms with Gasteiger partial charge < -0.3 is 19.8 Å². The maximum atomic E-state index is 6.02. The molecule has 0 aliphatic rings. The van der Waals surface area contributed by atoms with Crippen molar-refractivity contribution in [3.05, 3.63) is 18.2 Å². The number of para-hydroxylation sites is 1. The van der Waals surface area contributed by atoms with Crippen LogP contribution in [-0.2, 0) is 11.3 Å². The number of aromatic nitrogens is 2. The SMILES string of the molecule is CCOc1cccc2c1nc(N)n2CCOCCC(C)C. The van der Waals surface area contributed by atoms with Gasteiger partial charge in [-0.3, -0.25) is 0 Å². The maximum absolute atomic E-state index is 6.02. The molecule has 2 aromatic rings. The molecule has 5 nitrogen and oxygen atoms in total. The Labute approximate surface area is 126 Å². The van der Waals surface area contributed by atoms with Crippen molar-refractivity contribution >= 4 is 17.0 Å². The van der Waals surface area contributed by atoms with Crippen LogP contribution in [0.4, 0.5) is 5.95 Å². The molecule has 0 bridgehead atoms. The number of nitrogen functional groups attached to an aromatic ring is 1. The summed E-state index contributed by atoms with van der Waals surface area (Å²) in [7, 11) is 0. The number of imidazole rings is 1. The van der Waals surface area contributed by atoms with Crippen molar-refractivity contribution in [2.75, 3.05) is 25.6 Å².